The van der Waals surface area contributed by atoms with Gasteiger partial charge in [0.1, 0.15) is 5.69 Å². The average Bonchev–Trinajstić information content (AvgIpc) is 2.96. The number of aryl methyl sites for hydroxylation is 1. The van der Waals surface area contributed by atoms with Crippen molar-refractivity contribution in [3.05, 3.63) is 57.9 Å². The Morgan fingerprint density at radius 3 is 2.10 bits per heavy atom. The number of hydrogen-bond acceptors (Lipinski definition) is 3. The van der Waals surface area contributed by atoms with Gasteiger partial charge in [0.05, 0.1) is 5.56 Å². The van der Waals surface area contributed by atoms with E-state index >= 15 is 0 Å². The first-order chi connectivity index (χ1) is 13.6. The number of halogens is 3. The van der Waals surface area contributed by atoms with Gasteiger partial charge < -0.3 is 9.88 Å². The number of carbonyl (C=O) groups is 2. The minimum Gasteiger partial charge on any atom is -0.354 e. The Kier molecular flexibility index (Phi) is 5.84. The molecule has 1 amide bonds. The molecule has 1 aliphatic rings. The average molecular weight is 407 g/mol. The van der Waals surface area contributed by atoms with E-state index in [2.05, 4.69) is 9.88 Å². The number of Topliss-reactive ketones (excluding diaryl/α,β-unsaturated/α-hetero) is 1. The van der Waals surface area contributed by atoms with Crippen LogP contribution in [0.3, 0.4) is 0 Å². The second-order valence-corrected chi connectivity index (χ2v) is 7.44. The highest BCUT2D eigenvalue weighted by molar-refractivity contribution is 6.02. The Morgan fingerprint density at radius 2 is 1.62 bits per heavy atom. The molecule has 0 spiro atoms. The van der Waals surface area contributed by atoms with Gasteiger partial charge in [0.25, 0.3) is 5.91 Å². The summed E-state index contributed by atoms with van der Waals surface area (Å²) >= 11 is 0. The minimum absolute atomic E-state index is 0.0725. The molecule has 5 nitrogen and oxygen atoms in total. The van der Waals surface area contributed by atoms with Gasteiger partial charge in [-0.15, -0.1) is 0 Å². The lowest BCUT2D eigenvalue weighted by Crippen LogP contribution is -2.48. The van der Waals surface area contributed by atoms with E-state index in [1.54, 1.807) is 18.7 Å². The van der Waals surface area contributed by atoms with E-state index in [0.717, 1.165) is 17.7 Å². The smallest absolute Gasteiger partial charge is 0.354 e. The van der Waals surface area contributed by atoms with Crippen LogP contribution in [0.2, 0.25) is 0 Å². The van der Waals surface area contributed by atoms with Crippen molar-refractivity contribution in [2.24, 2.45) is 0 Å². The van der Waals surface area contributed by atoms with Crippen LogP contribution < -0.4 is 0 Å². The highest BCUT2D eigenvalue weighted by Crippen LogP contribution is 2.29. The first kappa shape index (κ1) is 21.1. The summed E-state index contributed by atoms with van der Waals surface area (Å²) in [6.45, 7) is 7.87. The molecule has 0 aliphatic carbocycles. The molecule has 3 rings (SSSR count). The Hall–Kier alpha value is -2.61. The molecule has 2 heterocycles. The van der Waals surface area contributed by atoms with Crippen LogP contribution in [-0.4, -0.2) is 52.7 Å². The van der Waals surface area contributed by atoms with Gasteiger partial charge in [-0.25, -0.2) is 0 Å². The molecule has 1 aromatic heterocycles. The van der Waals surface area contributed by atoms with Gasteiger partial charge in [-0.1, -0.05) is 12.1 Å². The number of carbonyl (C=O) groups excluding carboxylic acids is 2. The van der Waals surface area contributed by atoms with Gasteiger partial charge in [0, 0.05) is 44.0 Å². The quantitative estimate of drug-likeness (QED) is 0.785. The van der Waals surface area contributed by atoms with Crippen molar-refractivity contribution in [1.82, 2.24) is 14.8 Å². The van der Waals surface area contributed by atoms with Gasteiger partial charge in [0.15, 0.2) is 5.78 Å². The summed E-state index contributed by atoms with van der Waals surface area (Å²) in [5.74, 6) is -0.205. The van der Waals surface area contributed by atoms with Crippen molar-refractivity contribution in [3.8, 4) is 0 Å². The molecule has 0 atom stereocenters. The van der Waals surface area contributed by atoms with Crippen LogP contribution in [0.4, 0.5) is 13.2 Å². The Labute approximate surface area is 167 Å². The summed E-state index contributed by atoms with van der Waals surface area (Å²) in [5, 5.41) is 0. The molecule has 0 bridgehead atoms. The summed E-state index contributed by atoms with van der Waals surface area (Å²) in [7, 11) is 0. The molecule has 0 radical (unpaired) electrons. The number of rotatable bonds is 4. The van der Waals surface area contributed by atoms with Gasteiger partial charge in [-0.05, 0) is 44.0 Å². The van der Waals surface area contributed by atoms with Gasteiger partial charge in [-0.3, -0.25) is 14.5 Å². The molecule has 1 fully saturated rings. The Morgan fingerprint density at radius 1 is 1.03 bits per heavy atom. The zero-order chi connectivity index (χ0) is 21.3. The second-order valence-electron chi connectivity index (χ2n) is 7.44. The van der Waals surface area contributed by atoms with E-state index in [0.29, 0.717) is 55.2 Å². The van der Waals surface area contributed by atoms with E-state index in [1.165, 1.54) is 19.1 Å². The van der Waals surface area contributed by atoms with Crippen LogP contribution in [0.5, 0.6) is 0 Å². The van der Waals surface area contributed by atoms with E-state index in [9.17, 15) is 22.8 Å². The van der Waals surface area contributed by atoms with Crippen molar-refractivity contribution < 1.29 is 22.8 Å². The lowest BCUT2D eigenvalue weighted by molar-refractivity contribution is -0.137. The largest absolute Gasteiger partial charge is 0.416 e. The van der Waals surface area contributed by atoms with Crippen LogP contribution >= 0.6 is 0 Å². The van der Waals surface area contributed by atoms with Crippen molar-refractivity contribution in [1.29, 1.82) is 0 Å². The monoisotopic (exact) mass is 407 g/mol. The minimum atomic E-state index is -4.33. The number of piperazine rings is 1. The number of aromatic nitrogens is 1. The summed E-state index contributed by atoms with van der Waals surface area (Å²) in [6, 6.07) is 5.18. The molecule has 2 aromatic rings. The maximum Gasteiger partial charge on any atom is 0.416 e. The SMILES string of the molecule is CC(=O)c1c(C)[nH]c(C(=O)N2CCN(Cc3ccc(C(F)(F)F)cc3)CC2)c1C. The zero-order valence-electron chi connectivity index (χ0n) is 16.7. The van der Waals surface area contributed by atoms with Crippen LogP contribution in [0.15, 0.2) is 24.3 Å². The van der Waals surface area contributed by atoms with E-state index < -0.39 is 11.7 Å². The second kappa shape index (κ2) is 8.02. The normalized spacial score (nSPS) is 15.6. The number of aromatic amines is 1. The van der Waals surface area contributed by atoms with Gasteiger partial charge in [0.2, 0.25) is 0 Å². The summed E-state index contributed by atoms with van der Waals surface area (Å²) in [5.41, 5.74) is 2.53. The van der Waals surface area contributed by atoms with Crippen LogP contribution in [-0.2, 0) is 12.7 Å². The third-order valence-corrected chi connectivity index (χ3v) is 5.35. The first-order valence-corrected chi connectivity index (χ1v) is 9.45. The fraction of sp³-hybridized carbons (Fsp3) is 0.429. The molecule has 1 aliphatic heterocycles. The molecule has 0 unspecified atom stereocenters. The van der Waals surface area contributed by atoms with Gasteiger partial charge >= 0.3 is 6.18 Å². The fourth-order valence-electron chi connectivity index (χ4n) is 3.82. The molecule has 1 saturated heterocycles. The van der Waals surface area contributed by atoms with Gasteiger partial charge in [-0.2, -0.15) is 13.2 Å². The fourth-order valence-corrected chi connectivity index (χ4v) is 3.82. The number of alkyl halides is 3. The molecule has 29 heavy (non-hydrogen) atoms. The number of benzene rings is 1. The molecule has 1 aromatic carbocycles. The molecule has 156 valence electrons. The maximum absolute atomic E-state index is 12.9. The predicted molar refractivity (Wildman–Crippen MR) is 103 cm³/mol. The van der Waals surface area contributed by atoms with Crippen LogP contribution in [0, 0.1) is 13.8 Å². The molecule has 1 N–H and O–H groups in total. The number of ketones is 1. The molecule has 0 saturated carbocycles. The van der Waals surface area contributed by atoms with E-state index in [4.69, 9.17) is 0 Å². The molecular formula is C21H24F3N3O2. The number of nitrogens with one attached hydrogen (secondary N) is 1. The standard InChI is InChI=1S/C21H24F3N3O2/c1-13-18(15(3)28)14(2)25-19(13)20(29)27-10-8-26(9-11-27)12-16-4-6-17(7-5-16)21(22,23)24/h4-7,25H,8-12H2,1-3H3. The lowest BCUT2D eigenvalue weighted by Gasteiger charge is -2.34. The number of nitrogens with zero attached hydrogens (tertiary/aromatic N) is 2. The Bertz CT molecular complexity index is 908. The van der Waals surface area contributed by atoms with E-state index in [1.807, 2.05) is 0 Å². The number of amides is 1. The maximum atomic E-state index is 12.9. The highest BCUT2D eigenvalue weighted by Gasteiger charge is 2.30. The van der Waals surface area contributed by atoms with Crippen molar-refractivity contribution in [2.45, 2.75) is 33.5 Å². The first-order valence-electron chi connectivity index (χ1n) is 9.45. The summed E-state index contributed by atoms with van der Waals surface area (Å²) in [4.78, 5) is 31.5. The van der Waals surface area contributed by atoms with Crippen LogP contribution in [0.1, 0.15) is 50.2 Å². The number of hydrogen-bond donors (Lipinski definition) is 1. The summed E-state index contributed by atoms with van der Waals surface area (Å²) < 4.78 is 38.0. The zero-order valence-corrected chi connectivity index (χ0v) is 16.7. The lowest BCUT2D eigenvalue weighted by atomic mass is 10.1. The Balaban J connectivity index is 1.60. The molecule has 8 heteroatoms. The van der Waals surface area contributed by atoms with Crippen molar-refractivity contribution in [3.63, 3.8) is 0 Å². The topological polar surface area (TPSA) is 56.4 Å². The third kappa shape index (κ3) is 4.53. The predicted octanol–water partition coefficient (Wildman–Crippen LogP) is 3.81. The van der Waals surface area contributed by atoms with Crippen molar-refractivity contribution >= 4 is 11.7 Å². The molecular weight excluding hydrogens is 383 g/mol. The van der Waals surface area contributed by atoms with E-state index in [-0.39, 0.29) is 11.7 Å². The highest BCUT2D eigenvalue weighted by atomic mass is 19.4. The number of H-pyrrole nitrogens is 1. The summed E-state index contributed by atoms with van der Waals surface area (Å²) in [6.07, 6.45) is -4.33. The van der Waals surface area contributed by atoms with Crippen LogP contribution in [0.25, 0.3) is 0 Å². The third-order valence-electron chi connectivity index (χ3n) is 5.35. The van der Waals surface area contributed by atoms with Crippen molar-refractivity contribution in [2.75, 3.05) is 26.2 Å².